The summed E-state index contributed by atoms with van der Waals surface area (Å²) in [6, 6.07) is 12.1. The predicted octanol–water partition coefficient (Wildman–Crippen LogP) is 4.98. The van der Waals surface area contributed by atoms with Crippen LogP contribution in [0.25, 0.3) is 0 Å². The number of nitrogens with one attached hydrogen (secondary N) is 2. The van der Waals surface area contributed by atoms with Gasteiger partial charge >= 0.3 is 6.03 Å². The Hall–Kier alpha value is -2.82. The summed E-state index contributed by atoms with van der Waals surface area (Å²) in [5, 5.41) is 5.61. The minimum atomic E-state index is -0.335. The molecular formula is C21H24N2O3. The molecule has 0 aliphatic carbocycles. The molecule has 0 saturated heterocycles. The van der Waals surface area contributed by atoms with E-state index in [0.29, 0.717) is 16.9 Å². The lowest BCUT2D eigenvalue weighted by atomic mass is 9.73. The van der Waals surface area contributed by atoms with Gasteiger partial charge in [-0.05, 0) is 68.1 Å². The van der Waals surface area contributed by atoms with Crippen LogP contribution in [0.3, 0.4) is 0 Å². The Labute approximate surface area is 153 Å². The van der Waals surface area contributed by atoms with E-state index in [9.17, 15) is 9.59 Å². The summed E-state index contributed by atoms with van der Waals surface area (Å²) in [7, 11) is 0. The van der Waals surface area contributed by atoms with Crippen LogP contribution in [0.1, 0.15) is 50.0 Å². The third-order valence-electron chi connectivity index (χ3n) is 4.53. The van der Waals surface area contributed by atoms with Crippen molar-refractivity contribution in [3.05, 3.63) is 53.6 Å². The quantitative estimate of drug-likeness (QED) is 0.765. The smallest absolute Gasteiger partial charge is 0.323 e. The second-order valence-electron chi connectivity index (χ2n) is 7.95. The average Bonchev–Trinajstić information content (AvgIpc) is 2.54. The molecule has 1 heterocycles. The van der Waals surface area contributed by atoms with Crippen molar-refractivity contribution < 1.29 is 14.3 Å². The number of ether oxygens (including phenoxy) is 1. The summed E-state index contributed by atoms with van der Waals surface area (Å²) < 4.78 is 6.08. The van der Waals surface area contributed by atoms with Crippen molar-refractivity contribution in [1.29, 1.82) is 0 Å². The molecule has 0 radical (unpaired) electrons. The Kier molecular flexibility index (Phi) is 4.48. The molecule has 5 nitrogen and oxygen atoms in total. The zero-order valence-corrected chi connectivity index (χ0v) is 15.6. The van der Waals surface area contributed by atoms with Crippen LogP contribution in [0, 0.1) is 0 Å². The average molecular weight is 352 g/mol. The minimum Gasteiger partial charge on any atom is -0.488 e. The molecule has 2 aromatic rings. The van der Waals surface area contributed by atoms with Crippen molar-refractivity contribution in [3.8, 4) is 5.75 Å². The van der Waals surface area contributed by atoms with E-state index in [1.807, 2.05) is 18.2 Å². The maximum atomic E-state index is 12.2. The van der Waals surface area contributed by atoms with Gasteiger partial charge in [-0.3, -0.25) is 4.79 Å². The SMILES string of the molecule is CC1(C)CC(C)(C)c2cc(NC(=O)Nc3ccc(C=O)cc3)ccc2O1. The van der Waals surface area contributed by atoms with E-state index in [0.717, 1.165) is 24.0 Å². The highest BCUT2D eigenvalue weighted by Gasteiger charge is 2.38. The molecule has 0 aromatic heterocycles. The molecule has 0 spiro atoms. The van der Waals surface area contributed by atoms with Gasteiger partial charge in [-0.25, -0.2) is 4.79 Å². The largest absolute Gasteiger partial charge is 0.488 e. The summed E-state index contributed by atoms with van der Waals surface area (Å²) in [5.41, 5.74) is 2.73. The monoisotopic (exact) mass is 352 g/mol. The maximum Gasteiger partial charge on any atom is 0.323 e. The van der Waals surface area contributed by atoms with Crippen LogP contribution in [-0.2, 0) is 5.41 Å². The molecule has 1 aliphatic rings. The zero-order chi connectivity index (χ0) is 18.9. The molecule has 0 fully saturated rings. The number of hydrogen-bond acceptors (Lipinski definition) is 3. The minimum absolute atomic E-state index is 0.0457. The molecule has 0 bridgehead atoms. The Morgan fingerprint density at radius 3 is 2.27 bits per heavy atom. The lowest BCUT2D eigenvalue weighted by molar-refractivity contribution is 0.0534. The van der Waals surface area contributed by atoms with Crippen molar-refractivity contribution in [2.45, 2.75) is 45.1 Å². The second kappa shape index (κ2) is 6.48. The van der Waals surface area contributed by atoms with Crippen molar-refractivity contribution in [3.63, 3.8) is 0 Å². The summed E-state index contributed by atoms with van der Waals surface area (Å²) in [4.78, 5) is 22.9. The summed E-state index contributed by atoms with van der Waals surface area (Å²) >= 11 is 0. The summed E-state index contributed by atoms with van der Waals surface area (Å²) in [6.45, 7) is 8.56. The molecule has 0 atom stereocenters. The number of fused-ring (bicyclic) bond motifs is 1. The van der Waals surface area contributed by atoms with Gasteiger partial charge in [0.2, 0.25) is 0 Å². The highest BCUT2D eigenvalue weighted by molar-refractivity contribution is 6.00. The van der Waals surface area contributed by atoms with Crippen LogP contribution < -0.4 is 15.4 Å². The number of anilines is 2. The van der Waals surface area contributed by atoms with Crippen molar-refractivity contribution in [1.82, 2.24) is 0 Å². The number of benzene rings is 2. The predicted molar refractivity (Wildman–Crippen MR) is 103 cm³/mol. The topological polar surface area (TPSA) is 67.4 Å². The molecule has 3 rings (SSSR count). The normalized spacial score (nSPS) is 16.8. The molecule has 136 valence electrons. The van der Waals surface area contributed by atoms with Gasteiger partial charge < -0.3 is 15.4 Å². The van der Waals surface area contributed by atoms with Crippen molar-refractivity contribution in [2.24, 2.45) is 0 Å². The molecule has 1 aliphatic heterocycles. The van der Waals surface area contributed by atoms with E-state index in [4.69, 9.17) is 4.74 Å². The van der Waals surface area contributed by atoms with Gasteiger partial charge in [0, 0.05) is 22.5 Å². The second-order valence-corrected chi connectivity index (χ2v) is 7.95. The van der Waals surface area contributed by atoms with Crippen LogP contribution in [0.15, 0.2) is 42.5 Å². The number of aldehydes is 1. The number of rotatable bonds is 3. The highest BCUT2D eigenvalue weighted by atomic mass is 16.5. The highest BCUT2D eigenvalue weighted by Crippen LogP contribution is 2.45. The molecule has 2 aromatic carbocycles. The van der Waals surface area contributed by atoms with E-state index < -0.39 is 0 Å². The van der Waals surface area contributed by atoms with E-state index in [-0.39, 0.29) is 17.0 Å². The first-order chi connectivity index (χ1) is 12.2. The molecule has 5 heteroatoms. The number of carbonyl (C=O) groups is 2. The van der Waals surface area contributed by atoms with Gasteiger partial charge in [0.05, 0.1) is 0 Å². The van der Waals surface area contributed by atoms with Crippen LogP contribution in [-0.4, -0.2) is 17.9 Å². The van der Waals surface area contributed by atoms with Gasteiger partial charge in [-0.1, -0.05) is 13.8 Å². The number of urea groups is 1. The molecule has 0 unspecified atom stereocenters. The first kappa shape index (κ1) is 18.0. The van der Waals surface area contributed by atoms with Crippen LogP contribution in [0.5, 0.6) is 5.75 Å². The Morgan fingerprint density at radius 1 is 1.00 bits per heavy atom. The molecule has 2 N–H and O–H groups in total. The lowest BCUT2D eigenvalue weighted by Gasteiger charge is -2.42. The Bertz CT molecular complexity index is 839. The fourth-order valence-corrected chi connectivity index (χ4v) is 3.66. The molecular weight excluding hydrogens is 328 g/mol. The Balaban J connectivity index is 1.74. The van der Waals surface area contributed by atoms with Gasteiger partial charge in [0.1, 0.15) is 17.6 Å². The number of amides is 2. The van der Waals surface area contributed by atoms with E-state index in [1.54, 1.807) is 24.3 Å². The summed E-state index contributed by atoms with van der Waals surface area (Å²) in [5.74, 6) is 0.863. The molecule has 0 saturated carbocycles. The fourth-order valence-electron chi connectivity index (χ4n) is 3.66. The van der Waals surface area contributed by atoms with Crippen molar-refractivity contribution in [2.75, 3.05) is 10.6 Å². The van der Waals surface area contributed by atoms with Gasteiger partial charge in [-0.15, -0.1) is 0 Å². The van der Waals surface area contributed by atoms with Crippen LogP contribution in [0.2, 0.25) is 0 Å². The van der Waals surface area contributed by atoms with Crippen molar-refractivity contribution >= 4 is 23.7 Å². The summed E-state index contributed by atoms with van der Waals surface area (Å²) in [6.07, 6.45) is 1.66. The maximum absolute atomic E-state index is 12.2. The lowest BCUT2D eigenvalue weighted by Crippen LogP contribution is -2.41. The van der Waals surface area contributed by atoms with Gasteiger partial charge in [0.25, 0.3) is 0 Å². The number of hydrogen-bond donors (Lipinski definition) is 2. The third kappa shape index (κ3) is 3.87. The third-order valence-corrected chi connectivity index (χ3v) is 4.53. The first-order valence-corrected chi connectivity index (χ1v) is 8.65. The standard InChI is InChI=1S/C21H24N2O3/c1-20(2)13-21(3,4)26-18-10-9-16(11-17(18)20)23-19(25)22-15-7-5-14(12-24)6-8-15/h5-12H,13H2,1-4H3,(H2,22,23,25). The van der Waals surface area contributed by atoms with E-state index >= 15 is 0 Å². The Morgan fingerprint density at radius 2 is 1.62 bits per heavy atom. The fraction of sp³-hybridized carbons (Fsp3) is 0.333. The van der Waals surface area contributed by atoms with E-state index in [1.165, 1.54) is 0 Å². The zero-order valence-electron chi connectivity index (χ0n) is 15.6. The molecule has 2 amide bonds. The van der Waals surface area contributed by atoms with Crippen LogP contribution >= 0.6 is 0 Å². The van der Waals surface area contributed by atoms with E-state index in [2.05, 4.69) is 38.3 Å². The molecule has 26 heavy (non-hydrogen) atoms. The number of carbonyl (C=O) groups excluding carboxylic acids is 2. The van der Waals surface area contributed by atoms with Gasteiger partial charge in [0.15, 0.2) is 0 Å². The van der Waals surface area contributed by atoms with Gasteiger partial charge in [-0.2, -0.15) is 0 Å². The van der Waals surface area contributed by atoms with Crippen LogP contribution in [0.4, 0.5) is 16.2 Å². The first-order valence-electron chi connectivity index (χ1n) is 8.65.